The SMILES string of the molecule is [Al].[B].[MgH2].[Si]. The molecule has 4 heteroatoms. The Bertz CT molecular complexity index is 8.00. The lowest BCUT2D eigenvalue weighted by molar-refractivity contribution is 5.75. The molecule has 0 aliphatic rings. The third-order valence-corrected chi connectivity index (χ3v) is 0. The van der Waals surface area contributed by atoms with E-state index in [9.17, 15) is 0 Å². The van der Waals surface area contributed by atoms with E-state index in [0.29, 0.717) is 0 Å². The van der Waals surface area contributed by atoms with E-state index >= 15 is 0 Å². The largest absolute Gasteiger partial charge is 0.316 e. The molecule has 0 atom stereocenters. The fraction of sp³-hybridized carbons (Fsp3) is 0. The van der Waals surface area contributed by atoms with Gasteiger partial charge in [0.25, 0.3) is 0 Å². The predicted octanol–water partition coefficient (Wildman–Crippen LogP) is -2.06. The van der Waals surface area contributed by atoms with Crippen LogP contribution in [0, 0.1) is 0 Å². The monoisotopic (exact) mass is 92.0 g/mol. The third-order valence-electron chi connectivity index (χ3n) is 0. The Morgan fingerprint density at radius 1 is 1.00 bits per heavy atom. The molecule has 0 amide bonds. The smallest absolute Gasteiger partial charge is 0 e. The normalized spacial score (nSPS) is 0. The minimum Gasteiger partial charge on any atom is 0 e. The van der Waals surface area contributed by atoms with Gasteiger partial charge in [-0.1, -0.05) is 0 Å². The molecular formula is H2AlBMgSi. The molecule has 0 bridgehead atoms. The summed E-state index contributed by atoms with van der Waals surface area (Å²) in [5.74, 6) is 0. The summed E-state index contributed by atoms with van der Waals surface area (Å²) in [7, 11) is 0. The summed E-state index contributed by atoms with van der Waals surface area (Å²) in [5, 5.41) is 0. The number of rotatable bonds is 0. The van der Waals surface area contributed by atoms with Crippen molar-refractivity contribution in [3.05, 3.63) is 0 Å². The minimum atomic E-state index is 0. The molecular weight excluding hydrogens is 90.2 g/mol. The summed E-state index contributed by atoms with van der Waals surface area (Å²) in [4.78, 5) is 0. The summed E-state index contributed by atoms with van der Waals surface area (Å²) >= 11 is 0. The molecule has 4 heavy (non-hydrogen) atoms. The number of hydrogen-bond acceptors (Lipinski definition) is 0. The van der Waals surface area contributed by atoms with Gasteiger partial charge in [0.15, 0.2) is 0 Å². The Labute approximate surface area is 59.6 Å². The van der Waals surface area contributed by atoms with Crippen LogP contribution in [0.2, 0.25) is 0 Å². The van der Waals surface area contributed by atoms with Gasteiger partial charge in [0.1, 0.15) is 0 Å². The Kier molecular flexibility index (Phi) is 275. The van der Waals surface area contributed by atoms with Gasteiger partial charge in [0.05, 0.1) is 0 Å². The van der Waals surface area contributed by atoms with Crippen LogP contribution in [0.15, 0.2) is 0 Å². The molecule has 0 aliphatic carbocycles. The quantitative estimate of drug-likeness (QED) is 0.301. The highest BCUT2D eigenvalue weighted by atomic mass is 28.1. The molecule has 0 spiro atoms. The van der Waals surface area contributed by atoms with Gasteiger partial charge in [0, 0.05) is 36.7 Å². The zero-order chi connectivity index (χ0) is 0. The van der Waals surface area contributed by atoms with Crippen LogP contribution in [0.1, 0.15) is 0 Å². The Hall–Kier alpha value is 1.58. The summed E-state index contributed by atoms with van der Waals surface area (Å²) in [6.07, 6.45) is 0. The number of hydrogen-bond donors (Lipinski definition) is 0. The van der Waals surface area contributed by atoms with Crippen molar-refractivity contribution in [3.8, 4) is 0 Å². The Morgan fingerprint density at radius 2 is 1.00 bits per heavy atom. The molecule has 0 saturated heterocycles. The van der Waals surface area contributed by atoms with Crippen molar-refractivity contribution in [2.75, 3.05) is 0 Å². The fourth-order valence-electron chi connectivity index (χ4n) is 0. The summed E-state index contributed by atoms with van der Waals surface area (Å²) in [5.41, 5.74) is 0. The van der Waals surface area contributed by atoms with Gasteiger partial charge in [-0.05, 0) is 0 Å². The third kappa shape index (κ3) is 9.54. The van der Waals surface area contributed by atoms with Crippen LogP contribution < -0.4 is 0 Å². The van der Waals surface area contributed by atoms with Crippen LogP contribution in [-0.2, 0) is 0 Å². The van der Waals surface area contributed by atoms with Gasteiger partial charge in [-0.2, -0.15) is 0 Å². The van der Waals surface area contributed by atoms with Crippen LogP contribution in [-0.4, -0.2) is 59.8 Å². The van der Waals surface area contributed by atoms with E-state index in [0.717, 1.165) is 0 Å². The van der Waals surface area contributed by atoms with Gasteiger partial charge >= 0.3 is 23.1 Å². The molecule has 0 rings (SSSR count). The second-order valence-corrected chi connectivity index (χ2v) is 0. The van der Waals surface area contributed by atoms with E-state index in [-0.39, 0.29) is 59.8 Å². The second kappa shape index (κ2) is 23.5. The Morgan fingerprint density at radius 3 is 1.00 bits per heavy atom. The maximum atomic E-state index is 0. The van der Waals surface area contributed by atoms with E-state index in [4.69, 9.17) is 0 Å². The van der Waals surface area contributed by atoms with Gasteiger partial charge in [-0.3, -0.25) is 0 Å². The molecule has 0 aromatic heterocycles. The first-order valence-electron chi connectivity index (χ1n) is 0. The van der Waals surface area contributed by atoms with Crippen molar-refractivity contribution < 1.29 is 0 Å². The van der Waals surface area contributed by atoms with E-state index in [1.54, 1.807) is 0 Å². The van der Waals surface area contributed by atoms with Gasteiger partial charge in [-0.25, -0.2) is 0 Å². The maximum Gasteiger partial charge on any atom is 0.316 e. The molecule has 0 aromatic rings. The molecule has 10 radical (unpaired) electrons. The van der Waals surface area contributed by atoms with E-state index in [2.05, 4.69) is 0 Å². The van der Waals surface area contributed by atoms with E-state index in [1.165, 1.54) is 0 Å². The van der Waals surface area contributed by atoms with Crippen molar-refractivity contribution in [1.82, 2.24) is 0 Å². The average molecular weight is 92.2 g/mol. The zero-order valence-corrected chi connectivity index (χ0v) is 3.81. The molecule has 0 heterocycles. The molecule has 0 aliphatic heterocycles. The summed E-state index contributed by atoms with van der Waals surface area (Å²) < 4.78 is 0. The lowest BCUT2D eigenvalue weighted by Gasteiger charge is -0.001000. The van der Waals surface area contributed by atoms with Crippen LogP contribution in [0.5, 0.6) is 0 Å². The fourth-order valence-corrected chi connectivity index (χ4v) is 0. The Balaban J connectivity index is 0. The molecule has 0 fully saturated rings. The van der Waals surface area contributed by atoms with Crippen LogP contribution >= 0.6 is 0 Å². The minimum absolute atomic E-state index is 0. The highest BCUT2D eigenvalue weighted by Gasteiger charge is 0.316. The lowest BCUT2D eigenvalue weighted by Crippen LogP contribution is -0.382. The zero-order valence-electron chi connectivity index (χ0n) is 1.65. The molecule has 0 unspecified atom stereocenters. The second-order valence-electron chi connectivity index (χ2n) is 0. The maximum absolute atomic E-state index is 0. The van der Waals surface area contributed by atoms with Crippen LogP contribution in [0.25, 0.3) is 0 Å². The summed E-state index contributed by atoms with van der Waals surface area (Å²) in [6, 6.07) is 0. The topological polar surface area (TPSA) is 0 Å². The lowest BCUT2D eigenvalue weighted by atomic mass is 10.8. The highest BCUT2D eigenvalue weighted by molar-refractivity contribution is 5.76. The molecule has 0 aromatic carbocycles. The van der Waals surface area contributed by atoms with Crippen molar-refractivity contribution in [1.29, 1.82) is 0 Å². The first-order chi connectivity index (χ1) is 0. The van der Waals surface area contributed by atoms with Gasteiger partial charge in [-0.15, -0.1) is 0 Å². The first kappa shape index (κ1) is 46.9. The van der Waals surface area contributed by atoms with Crippen LogP contribution in [0.4, 0.5) is 0 Å². The van der Waals surface area contributed by atoms with Gasteiger partial charge in [0.2, 0.25) is 0 Å². The van der Waals surface area contributed by atoms with Crippen LogP contribution in [0.3, 0.4) is 0 Å². The van der Waals surface area contributed by atoms with Crippen molar-refractivity contribution in [3.63, 3.8) is 0 Å². The molecule has 0 nitrogen and oxygen atoms in total. The average Bonchev–Trinajstić information content (AvgIpc) is 0. The molecule has 0 N–H and O–H groups in total. The molecule has 0 saturated carbocycles. The first-order valence-corrected chi connectivity index (χ1v) is 0. The van der Waals surface area contributed by atoms with E-state index in [1.807, 2.05) is 0 Å². The standard InChI is InChI=1S/Al.B.Mg.Si.2H. The highest BCUT2D eigenvalue weighted by Crippen LogP contribution is -0.378. The van der Waals surface area contributed by atoms with Gasteiger partial charge < -0.3 is 0 Å². The van der Waals surface area contributed by atoms with Crippen molar-refractivity contribution >= 4 is 59.8 Å². The van der Waals surface area contributed by atoms with Crippen molar-refractivity contribution in [2.24, 2.45) is 0 Å². The van der Waals surface area contributed by atoms with Crippen molar-refractivity contribution in [2.45, 2.75) is 0 Å². The summed E-state index contributed by atoms with van der Waals surface area (Å²) in [6.45, 7) is 0. The predicted molar refractivity (Wildman–Crippen MR) is 25.8 cm³/mol. The van der Waals surface area contributed by atoms with E-state index < -0.39 is 0 Å². The molecule has 14 valence electrons.